The Labute approximate surface area is 523 Å². The van der Waals surface area contributed by atoms with Crippen molar-refractivity contribution in [1.82, 2.24) is 24.6 Å². The number of aromatic nitrogens is 4. The molecule has 5 fully saturated rings. The quantitative estimate of drug-likeness (QED) is 0.0300. The van der Waals surface area contributed by atoms with Crippen LogP contribution in [0.1, 0.15) is 108 Å². The average Bonchev–Trinajstić information content (AvgIpc) is 0.726. The first-order valence-electron chi connectivity index (χ1n) is 29.9. The number of aliphatic hydroxyl groups is 3. The number of anilines is 3. The molecular weight excluding hydrogens is 1200 g/mol. The molecule has 9 N–H and O–H groups in total. The average molecular weight is 1270 g/mol. The summed E-state index contributed by atoms with van der Waals surface area (Å²) in [6.07, 6.45) is 1.09. The van der Waals surface area contributed by atoms with Gasteiger partial charge < -0.3 is 51.0 Å². The van der Waals surface area contributed by atoms with Crippen molar-refractivity contribution in [3.63, 3.8) is 0 Å². The molecule has 90 heavy (non-hydrogen) atoms. The number of benzene rings is 3. The molecule has 5 heterocycles. The molecule has 7 atom stereocenters. The van der Waals surface area contributed by atoms with Crippen molar-refractivity contribution >= 4 is 82.0 Å². The van der Waals surface area contributed by atoms with E-state index in [1.165, 1.54) is 28.4 Å². The van der Waals surface area contributed by atoms with Crippen LogP contribution < -0.4 is 26.0 Å². The third kappa shape index (κ3) is 13.6. The van der Waals surface area contributed by atoms with Gasteiger partial charge >= 0.3 is 215 Å². The number of nitrogens with one attached hydrogen (secondary N) is 2. The molecule has 2 aliphatic heterocycles. The van der Waals surface area contributed by atoms with Crippen LogP contribution in [0.4, 0.5) is 21.4 Å². The third-order valence-corrected chi connectivity index (χ3v) is 19.2. The van der Waals surface area contributed by atoms with Gasteiger partial charge in [0.1, 0.15) is 29.9 Å². The maximum atomic E-state index is 13.8. The zero-order chi connectivity index (χ0) is 63.7. The molecular formula is C64H72N9O15PS. The van der Waals surface area contributed by atoms with Crippen molar-refractivity contribution in [2.45, 2.75) is 128 Å². The van der Waals surface area contributed by atoms with E-state index >= 15 is 0 Å². The topological polar surface area (TPSA) is 341 Å². The number of nitrogens with zero attached hydrogens (tertiary/aromatic N) is 6. The second kappa shape index (κ2) is 26.2. The van der Waals surface area contributed by atoms with Crippen molar-refractivity contribution in [1.29, 1.82) is 0 Å². The number of para-hydroxylation sites is 1. The molecule has 24 nitrogen and oxygen atoms in total. The van der Waals surface area contributed by atoms with Gasteiger partial charge in [-0.3, -0.25) is 14.9 Å². The van der Waals surface area contributed by atoms with E-state index < -0.39 is 60.2 Å². The minimum atomic E-state index is -1.94. The first-order valence-corrected chi connectivity index (χ1v) is 31.5. The molecule has 6 aromatic rings. The summed E-state index contributed by atoms with van der Waals surface area (Å²) in [5.41, 5.74) is 13.1. The number of pyridine rings is 1. The van der Waals surface area contributed by atoms with Crippen molar-refractivity contribution in [2.75, 3.05) is 54.9 Å². The fourth-order valence-electron chi connectivity index (χ4n) is 15.2. The summed E-state index contributed by atoms with van der Waals surface area (Å²) in [5.74, 6) is -3.09. The number of hydrogen-bond donors (Lipinski definition) is 8. The Balaban J connectivity index is 0.739. The number of aromatic carboxylic acids is 1. The van der Waals surface area contributed by atoms with Crippen molar-refractivity contribution in [2.24, 2.45) is 22.0 Å². The van der Waals surface area contributed by atoms with Gasteiger partial charge in [0, 0.05) is 48.4 Å². The molecule has 12 rings (SSSR count). The number of hydrogen-bond acceptors (Lipinski definition) is 19. The second-order valence-electron chi connectivity index (χ2n) is 25.1. The molecule has 0 radical (unpaired) electrons. The van der Waals surface area contributed by atoms with E-state index in [1.54, 1.807) is 36.5 Å². The van der Waals surface area contributed by atoms with Crippen LogP contribution in [-0.4, -0.2) is 156 Å². The first-order chi connectivity index (χ1) is 43.1. The summed E-state index contributed by atoms with van der Waals surface area (Å²) in [6.45, 7) is 8.55. The van der Waals surface area contributed by atoms with Crippen LogP contribution in [0.3, 0.4) is 0 Å². The van der Waals surface area contributed by atoms with Crippen LogP contribution in [0.2, 0.25) is 0 Å². The van der Waals surface area contributed by atoms with E-state index in [0.29, 0.717) is 59.3 Å². The van der Waals surface area contributed by atoms with Gasteiger partial charge in [0.05, 0.1) is 16.4 Å². The van der Waals surface area contributed by atoms with Crippen LogP contribution in [0, 0.1) is 28.8 Å². The molecule has 1 saturated heterocycles. The number of thiazole rings is 1. The van der Waals surface area contributed by atoms with E-state index in [1.807, 2.05) is 59.0 Å². The standard InChI is InChI=1S/C64H72N9O15PS/c1-37-42(40-15-17-48(69-50(40)56(79)80)72-22-19-39-10-6-11-41(43(39)29-72)55(78)70-59-68-44-12-4-5-13-47(44)90-59)28-66-73(37)36-63-31-61(2)30-62(3,32-63)34-64(33-61,35-63)86-25-23-71(21-8-26-89-84)60(83)85-24-7-9-38-14-16-46(45(27-38)67-49(74)18-20-65)87-58-53(77)51(75)52(76)54(88-58)57(81)82/h4-7,9-17,27-28,51-54,58,75-77H,8,18-25,29-36,65H2,1-3H3,(H,67,74)(H,79,80)(H,81,82)(H,68,70,78)/b9-7+/t51-,52-,53+,54-,58+,61?,62?,63?,64?/m0/s1. The zero-order valence-electron chi connectivity index (χ0n) is 50.0. The summed E-state index contributed by atoms with van der Waals surface area (Å²) < 4.78 is 38.1. The predicted octanol–water partition coefficient (Wildman–Crippen LogP) is 7.86. The van der Waals surface area contributed by atoms with Gasteiger partial charge in [-0.05, 0) is 54.8 Å². The number of aliphatic carboxylic acids is 1. The summed E-state index contributed by atoms with van der Waals surface area (Å²) in [5, 5.41) is 62.4. The molecule has 4 saturated carbocycles. The number of nitrogens with two attached hydrogens (primary N) is 1. The first kappa shape index (κ1) is 63.7. The number of ether oxygens (including phenoxy) is 4. The Hall–Kier alpha value is -7.83. The molecule has 4 aliphatic carbocycles. The number of fused-ring (bicyclic) bond motifs is 2. The van der Waals surface area contributed by atoms with Gasteiger partial charge in [-0.1, -0.05) is 35.6 Å². The monoisotopic (exact) mass is 1270 g/mol. The second-order valence-corrected chi connectivity index (χ2v) is 26.6. The molecule has 4 bridgehead atoms. The van der Waals surface area contributed by atoms with Gasteiger partial charge in [0.2, 0.25) is 12.2 Å². The summed E-state index contributed by atoms with van der Waals surface area (Å²) in [4.78, 5) is 77.9. The van der Waals surface area contributed by atoms with Crippen LogP contribution in [0.5, 0.6) is 5.75 Å². The number of amides is 3. The van der Waals surface area contributed by atoms with Crippen molar-refractivity contribution in [3.05, 3.63) is 119 Å². The van der Waals surface area contributed by atoms with Crippen LogP contribution in [-0.2, 0) is 47.9 Å². The molecule has 474 valence electrons. The number of carbonyl (C=O) groups excluding carboxylic acids is 3. The van der Waals surface area contributed by atoms with Gasteiger partial charge in [-0.25, -0.2) is 19.6 Å². The third-order valence-electron chi connectivity index (χ3n) is 17.9. The fraction of sp³-hybridized carbons (Fsp3) is 0.453. The number of carboxylic acid groups (broad SMARTS) is 2. The Bertz CT molecular complexity index is 3860. The van der Waals surface area contributed by atoms with Crippen LogP contribution in [0.15, 0.2) is 85.1 Å². The maximum absolute atomic E-state index is 13.8. The number of carboxylic acids is 2. The van der Waals surface area contributed by atoms with Gasteiger partial charge in [-0.15, -0.1) is 0 Å². The SMILES string of the molecule is Cc1c(-c2ccc(N3CCc4cccc(C(=O)Nc5nc6ccccc6s5)c4C3)nc2C(=O)O)cnn1CC12CC3(C)CC(C)(C1)CC(OCCN(CCC#P=O)C(=O)OC/C=C/c1ccc(O[C@@H]4O[C@H](C(=O)O)[C@@H](O)[C@H](O)[C@H]4O)c(NC(=O)CCN)c1)(C3)C2. The Morgan fingerprint density at radius 1 is 0.911 bits per heavy atom. The van der Waals surface area contributed by atoms with E-state index in [0.717, 1.165) is 65.6 Å². The molecule has 3 amide bonds. The van der Waals surface area contributed by atoms with E-state index in [2.05, 4.69) is 35.1 Å². The summed E-state index contributed by atoms with van der Waals surface area (Å²) in [7, 11) is -0.299. The number of rotatable bonds is 22. The Kier molecular flexibility index (Phi) is 18.5. The molecule has 6 aliphatic rings. The number of aliphatic hydroxyl groups excluding tert-OH is 3. The normalized spacial score (nSPS) is 25.8. The van der Waals surface area contributed by atoms with Crippen LogP contribution >= 0.6 is 19.3 Å². The summed E-state index contributed by atoms with van der Waals surface area (Å²) >= 11 is 1.41. The van der Waals surface area contributed by atoms with Gasteiger partial charge in [-0.2, -0.15) is 5.10 Å². The van der Waals surface area contributed by atoms with Crippen molar-refractivity contribution in [3.8, 4) is 22.5 Å². The Morgan fingerprint density at radius 3 is 2.44 bits per heavy atom. The number of carbonyl (C=O) groups is 5. The van der Waals surface area contributed by atoms with E-state index in [-0.39, 0.29) is 92.9 Å². The van der Waals surface area contributed by atoms with Gasteiger partial charge in [0.25, 0.3) is 5.91 Å². The van der Waals surface area contributed by atoms with Crippen molar-refractivity contribution < 1.29 is 73.0 Å². The minimum absolute atomic E-state index is 0.0301. The molecule has 3 aromatic heterocycles. The van der Waals surface area contributed by atoms with Gasteiger partial charge in [0.15, 0.2) is 16.9 Å². The predicted molar refractivity (Wildman–Crippen MR) is 333 cm³/mol. The zero-order valence-corrected chi connectivity index (χ0v) is 51.7. The summed E-state index contributed by atoms with van der Waals surface area (Å²) in [6, 6.07) is 21.5. The molecule has 26 heteroatoms. The fourth-order valence-corrected chi connectivity index (χ4v) is 16.2. The molecule has 0 spiro atoms. The van der Waals surface area contributed by atoms with E-state index in [9.17, 15) is 54.1 Å². The Morgan fingerprint density at radius 2 is 1.70 bits per heavy atom. The van der Waals surface area contributed by atoms with E-state index in [4.69, 9.17) is 34.8 Å². The molecule has 2 unspecified atom stereocenters. The van der Waals surface area contributed by atoms with Crippen LogP contribution in [0.25, 0.3) is 27.4 Å². The molecule has 3 aromatic carbocycles.